The summed E-state index contributed by atoms with van der Waals surface area (Å²) in [5, 5.41) is 8.86. The van der Waals surface area contributed by atoms with E-state index < -0.39 is 15.1 Å². The molecule has 41 heavy (non-hydrogen) atoms. The van der Waals surface area contributed by atoms with Gasteiger partial charge in [0.1, 0.15) is 5.02 Å². The Morgan fingerprint density at radius 3 is 2.46 bits per heavy atom. The predicted molar refractivity (Wildman–Crippen MR) is 167 cm³/mol. The van der Waals surface area contributed by atoms with Crippen LogP contribution in [0.1, 0.15) is 26.3 Å². The maximum absolute atomic E-state index is 12.9. The van der Waals surface area contributed by atoms with Crippen molar-refractivity contribution in [2.75, 3.05) is 53.6 Å². The molecular formula is C29H36ClN7O3S. The molecule has 0 spiro atoms. The van der Waals surface area contributed by atoms with Gasteiger partial charge in [0.05, 0.1) is 33.4 Å². The molecule has 1 saturated heterocycles. The Bertz CT molecular complexity index is 1540. The predicted octanol–water partition coefficient (Wildman–Crippen LogP) is 5.37. The molecule has 0 atom stereocenters. The van der Waals surface area contributed by atoms with Gasteiger partial charge in [0, 0.05) is 31.9 Å². The molecule has 3 N–H and O–H groups in total. The van der Waals surface area contributed by atoms with Gasteiger partial charge in [-0.1, -0.05) is 37.2 Å². The van der Waals surface area contributed by atoms with Gasteiger partial charge in [-0.3, -0.25) is 4.79 Å². The molecule has 0 aliphatic carbocycles. The summed E-state index contributed by atoms with van der Waals surface area (Å²) < 4.78 is 25.8. The number of likely N-dealkylation sites (N-methyl/N-ethyl adjacent to an activating group) is 1. The Kier molecular flexibility index (Phi) is 9.52. The van der Waals surface area contributed by atoms with Crippen molar-refractivity contribution in [3.05, 3.63) is 65.8 Å². The van der Waals surface area contributed by atoms with E-state index in [1.807, 2.05) is 19.1 Å². The summed E-state index contributed by atoms with van der Waals surface area (Å²) in [5.41, 5.74) is 3.56. The molecule has 218 valence electrons. The number of hydrogen-bond donors (Lipinski definition) is 3. The van der Waals surface area contributed by atoms with Crippen molar-refractivity contribution in [3.8, 4) is 0 Å². The quantitative estimate of drug-likeness (QED) is 0.265. The Morgan fingerprint density at radius 2 is 1.80 bits per heavy atom. The van der Waals surface area contributed by atoms with Crippen molar-refractivity contribution in [2.45, 2.75) is 37.8 Å². The monoisotopic (exact) mass is 597 g/mol. The topological polar surface area (TPSA) is 120 Å². The van der Waals surface area contributed by atoms with Crippen molar-refractivity contribution in [3.63, 3.8) is 0 Å². The van der Waals surface area contributed by atoms with Crippen LogP contribution in [0.4, 0.5) is 34.5 Å². The van der Waals surface area contributed by atoms with Crippen LogP contribution in [0.25, 0.3) is 0 Å². The van der Waals surface area contributed by atoms with Crippen molar-refractivity contribution in [1.29, 1.82) is 0 Å². The minimum atomic E-state index is -3.55. The SMILES string of the molecule is C=CC(=O)Nc1cc(Nc2ncc(Cl)c(Nc3ccccc3S(=O)(=O)C(C)C)n2)c(C)cc1N1CCN(CC)CC1. The number of amides is 1. The van der Waals surface area contributed by atoms with Gasteiger partial charge in [-0.2, -0.15) is 4.98 Å². The number of rotatable bonds is 10. The normalized spacial score (nSPS) is 14.1. The van der Waals surface area contributed by atoms with Crippen molar-refractivity contribution in [2.24, 2.45) is 0 Å². The maximum atomic E-state index is 12.9. The zero-order valence-corrected chi connectivity index (χ0v) is 25.3. The highest BCUT2D eigenvalue weighted by Gasteiger charge is 2.24. The number of aromatic nitrogens is 2. The number of sulfone groups is 1. The molecule has 1 amide bonds. The molecule has 2 heterocycles. The van der Waals surface area contributed by atoms with E-state index in [0.717, 1.165) is 44.0 Å². The number of carbonyl (C=O) groups excluding carboxylic acids is 1. The number of piperazine rings is 1. The average Bonchev–Trinajstić information content (AvgIpc) is 2.96. The van der Waals surface area contributed by atoms with Gasteiger partial charge in [-0.25, -0.2) is 13.4 Å². The van der Waals surface area contributed by atoms with E-state index in [4.69, 9.17) is 11.6 Å². The number of anilines is 6. The number of para-hydroxylation sites is 1. The number of halogens is 1. The van der Waals surface area contributed by atoms with Crippen LogP contribution in [0, 0.1) is 6.92 Å². The van der Waals surface area contributed by atoms with Crippen LogP contribution >= 0.6 is 11.6 Å². The third-order valence-electron chi connectivity index (χ3n) is 7.00. The second kappa shape index (κ2) is 12.9. The molecule has 2 aromatic carbocycles. The standard InChI is InChI=1S/C29H36ClN7O3S/c1-6-27(38)32-24-17-23(20(5)16-25(24)37-14-12-36(7-2)13-15-37)34-29-31-18-21(30)28(35-29)33-22-10-8-9-11-26(22)41(39,40)19(3)4/h6,8-11,16-19H,1,7,12-15H2,2-5H3,(H,32,38)(H2,31,33,34,35). The summed E-state index contributed by atoms with van der Waals surface area (Å²) in [4.78, 5) is 26.0. The average molecular weight is 598 g/mol. The van der Waals surface area contributed by atoms with Gasteiger partial charge in [0.25, 0.3) is 0 Å². The van der Waals surface area contributed by atoms with Crippen molar-refractivity contribution >= 4 is 61.9 Å². The van der Waals surface area contributed by atoms with Gasteiger partial charge in [-0.05, 0) is 63.2 Å². The molecular weight excluding hydrogens is 562 g/mol. The van der Waals surface area contributed by atoms with Gasteiger partial charge >= 0.3 is 0 Å². The first kappa shape index (κ1) is 30.3. The van der Waals surface area contributed by atoms with Crippen LogP contribution in [0.3, 0.4) is 0 Å². The first-order valence-corrected chi connectivity index (χ1v) is 15.4. The Morgan fingerprint density at radius 1 is 1.10 bits per heavy atom. The van der Waals surface area contributed by atoms with Crippen molar-refractivity contribution in [1.82, 2.24) is 14.9 Å². The molecule has 0 bridgehead atoms. The van der Waals surface area contributed by atoms with E-state index in [9.17, 15) is 13.2 Å². The fraction of sp³-hybridized carbons (Fsp3) is 0.345. The van der Waals surface area contributed by atoms with Crippen LogP contribution in [-0.4, -0.2) is 67.2 Å². The summed E-state index contributed by atoms with van der Waals surface area (Å²) in [5.74, 6) is 0.186. The van der Waals surface area contributed by atoms with E-state index in [2.05, 4.69) is 49.2 Å². The molecule has 1 aromatic heterocycles. The van der Waals surface area contributed by atoms with Gasteiger partial charge in [0.2, 0.25) is 11.9 Å². The number of nitrogens with zero attached hydrogens (tertiary/aromatic N) is 4. The lowest BCUT2D eigenvalue weighted by Crippen LogP contribution is -2.46. The van der Waals surface area contributed by atoms with Crippen LogP contribution in [-0.2, 0) is 14.6 Å². The Labute approximate surface area is 246 Å². The highest BCUT2D eigenvalue weighted by atomic mass is 35.5. The summed E-state index contributed by atoms with van der Waals surface area (Å²) in [6, 6.07) is 10.5. The largest absolute Gasteiger partial charge is 0.367 e. The zero-order valence-electron chi connectivity index (χ0n) is 23.7. The van der Waals surface area contributed by atoms with Crippen molar-refractivity contribution < 1.29 is 13.2 Å². The van der Waals surface area contributed by atoms with E-state index in [-0.39, 0.29) is 27.6 Å². The van der Waals surface area contributed by atoms with Crippen LogP contribution in [0.15, 0.2) is 60.1 Å². The summed E-state index contributed by atoms with van der Waals surface area (Å²) in [6.07, 6.45) is 2.68. The minimum Gasteiger partial charge on any atom is -0.367 e. The molecule has 3 aromatic rings. The van der Waals surface area contributed by atoms with E-state index in [1.165, 1.54) is 12.3 Å². The smallest absolute Gasteiger partial charge is 0.247 e. The molecule has 10 nitrogen and oxygen atoms in total. The number of benzene rings is 2. The lowest BCUT2D eigenvalue weighted by Gasteiger charge is -2.36. The van der Waals surface area contributed by atoms with Gasteiger partial charge in [-0.15, -0.1) is 0 Å². The van der Waals surface area contributed by atoms with Crippen LogP contribution < -0.4 is 20.9 Å². The molecule has 1 fully saturated rings. The molecule has 4 rings (SSSR count). The minimum absolute atomic E-state index is 0.160. The first-order valence-electron chi connectivity index (χ1n) is 13.5. The summed E-state index contributed by atoms with van der Waals surface area (Å²) in [7, 11) is -3.55. The highest BCUT2D eigenvalue weighted by molar-refractivity contribution is 7.92. The second-order valence-electron chi connectivity index (χ2n) is 10.0. The van der Waals surface area contributed by atoms with E-state index in [0.29, 0.717) is 17.1 Å². The van der Waals surface area contributed by atoms with Crippen LogP contribution in [0.5, 0.6) is 0 Å². The lowest BCUT2D eigenvalue weighted by atomic mass is 10.1. The van der Waals surface area contributed by atoms with Gasteiger partial charge in [0.15, 0.2) is 15.7 Å². The number of aryl methyl sites for hydroxylation is 1. The molecule has 0 unspecified atom stereocenters. The first-order chi connectivity index (χ1) is 19.5. The summed E-state index contributed by atoms with van der Waals surface area (Å²) in [6.45, 7) is 15.6. The zero-order chi connectivity index (χ0) is 29.7. The molecule has 0 radical (unpaired) electrons. The summed E-state index contributed by atoms with van der Waals surface area (Å²) >= 11 is 6.40. The molecule has 0 saturated carbocycles. The number of nitrogens with one attached hydrogen (secondary N) is 3. The Hall–Kier alpha value is -3.67. The maximum Gasteiger partial charge on any atom is 0.247 e. The molecule has 1 aliphatic heterocycles. The van der Waals surface area contributed by atoms with E-state index >= 15 is 0 Å². The fourth-order valence-electron chi connectivity index (χ4n) is 4.51. The fourth-order valence-corrected chi connectivity index (χ4v) is 5.85. The number of carbonyl (C=O) groups is 1. The lowest BCUT2D eigenvalue weighted by molar-refractivity contribution is -0.111. The Balaban J connectivity index is 1.64. The third kappa shape index (κ3) is 6.98. The van der Waals surface area contributed by atoms with E-state index in [1.54, 1.807) is 38.1 Å². The molecule has 1 aliphatic rings. The van der Waals surface area contributed by atoms with Gasteiger partial charge < -0.3 is 25.8 Å². The third-order valence-corrected chi connectivity index (χ3v) is 9.49. The highest BCUT2D eigenvalue weighted by Crippen LogP contribution is 2.35. The number of hydrogen-bond acceptors (Lipinski definition) is 9. The second-order valence-corrected chi connectivity index (χ2v) is 12.9. The molecule has 12 heteroatoms. The van der Waals surface area contributed by atoms with Crippen LogP contribution in [0.2, 0.25) is 5.02 Å².